The van der Waals surface area contributed by atoms with E-state index in [9.17, 15) is 4.79 Å². The van der Waals surface area contributed by atoms with E-state index >= 15 is 0 Å². The van der Waals surface area contributed by atoms with Crippen LogP contribution in [0.1, 0.15) is 15.9 Å². The molecule has 0 spiro atoms. The second-order valence-electron chi connectivity index (χ2n) is 6.45. The Morgan fingerprint density at radius 3 is 2.59 bits per heavy atom. The highest BCUT2D eigenvalue weighted by Gasteiger charge is 2.11. The Hall–Kier alpha value is -2.15. The number of carbonyl (C=O) groups is 1. The topological polar surface area (TPSA) is 66.5 Å². The van der Waals surface area contributed by atoms with Crippen molar-refractivity contribution in [2.75, 3.05) is 51.3 Å². The minimum Gasteiger partial charge on any atom is -0.379 e. The molecular formula is C20H25ClN4O2. The van der Waals surface area contributed by atoms with E-state index in [0.29, 0.717) is 12.1 Å². The molecule has 7 heteroatoms. The van der Waals surface area contributed by atoms with Crippen molar-refractivity contribution in [2.24, 2.45) is 0 Å². The number of amides is 1. The van der Waals surface area contributed by atoms with Crippen molar-refractivity contribution in [3.63, 3.8) is 0 Å². The highest BCUT2D eigenvalue weighted by molar-refractivity contribution is 6.30. The van der Waals surface area contributed by atoms with Gasteiger partial charge in [0.2, 0.25) is 0 Å². The Balaban J connectivity index is 1.38. The van der Waals surface area contributed by atoms with Crippen LogP contribution in [0.4, 0.5) is 5.82 Å². The first-order chi connectivity index (χ1) is 13.2. The lowest BCUT2D eigenvalue weighted by molar-refractivity contribution is 0.0383. The molecule has 2 heterocycles. The van der Waals surface area contributed by atoms with E-state index in [0.717, 1.165) is 56.7 Å². The quantitative estimate of drug-likeness (QED) is 0.727. The predicted molar refractivity (Wildman–Crippen MR) is 107 cm³/mol. The van der Waals surface area contributed by atoms with Crippen LogP contribution >= 0.6 is 11.6 Å². The molecule has 0 saturated carbocycles. The van der Waals surface area contributed by atoms with Crippen molar-refractivity contribution >= 4 is 23.3 Å². The van der Waals surface area contributed by atoms with Crippen LogP contribution in [-0.2, 0) is 11.2 Å². The lowest BCUT2D eigenvalue weighted by Crippen LogP contribution is -2.41. The Morgan fingerprint density at radius 1 is 1.11 bits per heavy atom. The molecule has 0 bridgehead atoms. The van der Waals surface area contributed by atoms with Gasteiger partial charge >= 0.3 is 0 Å². The zero-order chi connectivity index (χ0) is 18.9. The third-order valence-corrected chi connectivity index (χ3v) is 4.73. The van der Waals surface area contributed by atoms with Gasteiger partial charge in [0.15, 0.2) is 0 Å². The van der Waals surface area contributed by atoms with Gasteiger partial charge in [0.1, 0.15) is 5.82 Å². The molecule has 0 radical (unpaired) electrons. The smallest absolute Gasteiger partial charge is 0.252 e. The van der Waals surface area contributed by atoms with Gasteiger partial charge in [0, 0.05) is 43.9 Å². The maximum atomic E-state index is 12.2. The molecule has 3 rings (SSSR count). The summed E-state index contributed by atoms with van der Waals surface area (Å²) in [5.74, 6) is 0.664. The molecule has 6 nitrogen and oxygen atoms in total. The molecule has 2 aromatic rings. The van der Waals surface area contributed by atoms with Crippen LogP contribution in [0.3, 0.4) is 0 Å². The number of nitrogens with zero attached hydrogens (tertiary/aromatic N) is 2. The van der Waals surface area contributed by atoms with Crippen molar-refractivity contribution in [2.45, 2.75) is 6.42 Å². The molecule has 1 aliphatic heterocycles. The molecule has 0 unspecified atom stereocenters. The number of nitrogens with one attached hydrogen (secondary N) is 2. The molecule has 144 valence electrons. The van der Waals surface area contributed by atoms with Gasteiger partial charge in [-0.05, 0) is 36.2 Å². The first-order valence-corrected chi connectivity index (χ1v) is 9.61. The summed E-state index contributed by atoms with van der Waals surface area (Å²) in [5.41, 5.74) is 1.78. The second-order valence-corrected chi connectivity index (χ2v) is 6.88. The van der Waals surface area contributed by atoms with Gasteiger partial charge in [-0.15, -0.1) is 0 Å². The number of rotatable bonds is 8. The fourth-order valence-corrected chi connectivity index (χ4v) is 3.00. The van der Waals surface area contributed by atoms with Gasteiger partial charge in [0.05, 0.1) is 18.8 Å². The molecule has 1 aliphatic rings. The summed E-state index contributed by atoms with van der Waals surface area (Å²) < 4.78 is 5.32. The normalized spacial score (nSPS) is 14.7. The van der Waals surface area contributed by atoms with Crippen LogP contribution in [0.2, 0.25) is 5.02 Å². The minimum atomic E-state index is -0.0940. The molecule has 1 aromatic carbocycles. The van der Waals surface area contributed by atoms with Crippen LogP contribution in [0, 0.1) is 0 Å². The number of ether oxygens (including phenoxy) is 1. The molecule has 27 heavy (non-hydrogen) atoms. The maximum absolute atomic E-state index is 12.2. The number of anilines is 1. The predicted octanol–water partition coefficient (Wildman–Crippen LogP) is 2.45. The summed E-state index contributed by atoms with van der Waals surface area (Å²) in [6.07, 6.45) is 2.48. The van der Waals surface area contributed by atoms with E-state index in [4.69, 9.17) is 16.3 Å². The first-order valence-electron chi connectivity index (χ1n) is 9.23. The summed E-state index contributed by atoms with van der Waals surface area (Å²) in [4.78, 5) is 18.8. The summed E-state index contributed by atoms with van der Waals surface area (Å²) >= 11 is 5.89. The molecule has 1 saturated heterocycles. The van der Waals surface area contributed by atoms with Crippen LogP contribution in [0.15, 0.2) is 42.6 Å². The summed E-state index contributed by atoms with van der Waals surface area (Å²) in [6, 6.07) is 11.4. The number of aromatic nitrogens is 1. The first kappa shape index (κ1) is 19.6. The molecule has 1 fully saturated rings. The second kappa shape index (κ2) is 10.3. The summed E-state index contributed by atoms with van der Waals surface area (Å²) in [7, 11) is 0. The Morgan fingerprint density at radius 2 is 1.89 bits per heavy atom. The number of halogens is 1. The lowest BCUT2D eigenvalue weighted by Gasteiger charge is -2.26. The van der Waals surface area contributed by atoms with Gasteiger partial charge in [-0.3, -0.25) is 9.69 Å². The highest BCUT2D eigenvalue weighted by atomic mass is 35.5. The fourth-order valence-electron chi connectivity index (χ4n) is 2.87. The largest absolute Gasteiger partial charge is 0.379 e. The van der Waals surface area contributed by atoms with Crippen molar-refractivity contribution in [1.29, 1.82) is 0 Å². The number of hydrogen-bond acceptors (Lipinski definition) is 5. The van der Waals surface area contributed by atoms with Crippen LogP contribution in [-0.4, -0.2) is 61.7 Å². The van der Waals surface area contributed by atoms with Gasteiger partial charge in [-0.2, -0.15) is 0 Å². The van der Waals surface area contributed by atoms with Crippen LogP contribution < -0.4 is 10.6 Å². The van der Waals surface area contributed by atoms with Gasteiger partial charge in [-0.25, -0.2) is 4.98 Å². The molecule has 2 N–H and O–H groups in total. The number of benzene rings is 1. The van der Waals surface area contributed by atoms with E-state index in [1.165, 1.54) is 5.56 Å². The van der Waals surface area contributed by atoms with Crippen molar-refractivity contribution < 1.29 is 9.53 Å². The van der Waals surface area contributed by atoms with E-state index < -0.39 is 0 Å². The number of morpholine rings is 1. The Kier molecular flexibility index (Phi) is 7.45. The van der Waals surface area contributed by atoms with Crippen LogP contribution in [0.25, 0.3) is 0 Å². The average Bonchev–Trinajstić information content (AvgIpc) is 2.71. The maximum Gasteiger partial charge on any atom is 0.252 e. The van der Waals surface area contributed by atoms with Gasteiger partial charge < -0.3 is 15.4 Å². The van der Waals surface area contributed by atoms with E-state index in [1.807, 2.05) is 30.3 Å². The Labute approximate surface area is 164 Å². The van der Waals surface area contributed by atoms with Crippen molar-refractivity contribution in [1.82, 2.24) is 15.2 Å². The molecule has 1 amide bonds. The monoisotopic (exact) mass is 388 g/mol. The summed E-state index contributed by atoms with van der Waals surface area (Å²) in [5, 5.41) is 6.95. The van der Waals surface area contributed by atoms with Crippen molar-refractivity contribution in [3.05, 3.63) is 58.7 Å². The van der Waals surface area contributed by atoms with E-state index in [2.05, 4.69) is 20.5 Å². The van der Waals surface area contributed by atoms with Crippen LogP contribution in [0.5, 0.6) is 0 Å². The minimum absolute atomic E-state index is 0.0940. The molecule has 1 aromatic heterocycles. The van der Waals surface area contributed by atoms with E-state index in [-0.39, 0.29) is 5.91 Å². The highest BCUT2D eigenvalue weighted by Crippen LogP contribution is 2.10. The van der Waals surface area contributed by atoms with Crippen molar-refractivity contribution in [3.8, 4) is 0 Å². The zero-order valence-corrected chi connectivity index (χ0v) is 16.0. The Bertz CT molecular complexity index is 716. The van der Waals surface area contributed by atoms with Gasteiger partial charge in [0.25, 0.3) is 5.91 Å². The number of carbonyl (C=O) groups excluding carboxylic acids is 1. The zero-order valence-electron chi connectivity index (χ0n) is 15.3. The number of hydrogen-bond donors (Lipinski definition) is 2. The fraction of sp³-hybridized carbons (Fsp3) is 0.400. The van der Waals surface area contributed by atoms with Gasteiger partial charge in [-0.1, -0.05) is 23.7 Å². The van der Waals surface area contributed by atoms with E-state index in [1.54, 1.807) is 12.3 Å². The molecular weight excluding hydrogens is 364 g/mol. The molecule has 0 atom stereocenters. The summed E-state index contributed by atoms with van der Waals surface area (Å²) in [6.45, 7) is 5.61. The third kappa shape index (κ3) is 6.50. The standard InChI is InChI=1S/C20H25ClN4O2/c21-18-4-1-16(2-5-18)7-8-22-19-6-3-17(15-24-19)20(26)23-9-10-25-11-13-27-14-12-25/h1-6,15H,7-14H2,(H,22,24)(H,23,26). The lowest BCUT2D eigenvalue weighted by atomic mass is 10.1. The number of pyridine rings is 1. The SMILES string of the molecule is O=C(NCCN1CCOCC1)c1ccc(NCCc2ccc(Cl)cc2)nc1. The molecule has 0 aliphatic carbocycles. The third-order valence-electron chi connectivity index (χ3n) is 4.48. The average molecular weight is 389 g/mol.